The number of halogens is 1. The third-order valence-electron chi connectivity index (χ3n) is 1.93. The molecule has 0 aliphatic heterocycles. The zero-order valence-electron chi connectivity index (χ0n) is 7.68. The van der Waals surface area contributed by atoms with E-state index in [1.807, 2.05) is 24.3 Å². The maximum absolute atomic E-state index is 8.70. The number of hydrogen-bond acceptors (Lipinski definition) is 3. The average Bonchev–Trinajstić information content (AvgIpc) is 2.30. The van der Waals surface area contributed by atoms with Crippen LogP contribution in [-0.4, -0.2) is 9.97 Å². The Hall–Kier alpha value is -1.92. The fourth-order valence-electron chi connectivity index (χ4n) is 1.23. The van der Waals surface area contributed by atoms with Crippen LogP contribution in [0.4, 0.5) is 0 Å². The van der Waals surface area contributed by atoms with Gasteiger partial charge in [-0.05, 0) is 6.07 Å². The van der Waals surface area contributed by atoms with Crippen LogP contribution in [0.1, 0.15) is 5.69 Å². The molecule has 1 heterocycles. The van der Waals surface area contributed by atoms with Gasteiger partial charge < -0.3 is 0 Å². The van der Waals surface area contributed by atoms with Gasteiger partial charge in [0.25, 0.3) is 0 Å². The summed E-state index contributed by atoms with van der Waals surface area (Å²) in [7, 11) is 0. The molecule has 0 atom stereocenters. The lowest BCUT2D eigenvalue weighted by molar-refractivity contribution is 1.14. The Morgan fingerprint density at radius 1 is 1.20 bits per heavy atom. The minimum Gasteiger partial charge on any atom is -0.236 e. The molecule has 0 N–H and O–H groups in total. The molecule has 0 unspecified atom stereocenters. The highest BCUT2D eigenvalue weighted by Crippen LogP contribution is 2.25. The lowest BCUT2D eigenvalue weighted by atomic mass is 10.1. The molecule has 0 bridgehead atoms. The van der Waals surface area contributed by atoms with E-state index >= 15 is 0 Å². The summed E-state index contributed by atoms with van der Waals surface area (Å²) in [6.45, 7) is 0. The van der Waals surface area contributed by atoms with E-state index in [1.54, 1.807) is 12.1 Å². The fourth-order valence-corrected chi connectivity index (χ4v) is 1.47. The van der Waals surface area contributed by atoms with Gasteiger partial charge in [0.2, 0.25) is 0 Å². The highest BCUT2D eigenvalue weighted by Gasteiger charge is 2.04. The van der Waals surface area contributed by atoms with Crippen molar-refractivity contribution in [2.24, 2.45) is 0 Å². The predicted molar refractivity (Wildman–Crippen MR) is 57.2 cm³/mol. The van der Waals surface area contributed by atoms with E-state index in [1.165, 1.54) is 6.33 Å². The minimum atomic E-state index is 0.333. The Morgan fingerprint density at radius 2 is 2.00 bits per heavy atom. The van der Waals surface area contributed by atoms with E-state index in [9.17, 15) is 0 Å². The standard InChI is InChI=1S/C11H6ClN3/c12-10-4-2-1-3-9(10)11-5-8(6-13)14-7-15-11/h1-5,7H. The summed E-state index contributed by atoms with van der Waals surface area (Å²) < 4.78 is 0. The van der Waals surface area contributed by atoms with E-state index < -0.39 is 0 Å². The molecule has 0 saturated carbocycles. The molecule has 0 aliphatic carbocycles. The van der Waals surface area contributed by atoms with E-state index in [4.69, 9.17) is 16.9 Å². The van der Waals surface area contributed by atoms with Gasteiger partial charge in [0.1, 0.15) is 18.1 Å². The van der Waals surface area contributed by atoms with Crippen molar-refractivity contribution in [1.29, 1.82) is 5.26 Å². The Labute approximate surface area is 92.0 Å². The fraction of sp³-hybridized carbons (Fsp3) is 0. The highest BCUT2D eigenvalue weighted by atomic mass is 35.5. The molecule has 4 heteroatoms. The number of nitrogens with zero attached hydrogens (tertiary/aromatic N) is 3. The number of nitriles is 1. The predicted octanol–water partition coefficient (Wildman–Crippen LogP) is 2.67. The van der Waals surface area contributed by atoms with E-state index in [0.717, 1.165) is 5.56 Å². The second kappa shape index (κ2) is 4.07. The van der Waals surface area contributed by atoms with Crippen molar-refractivity contribution in [2.75, 3.05) is 0 Å². The maximum atomic E-state index is 8.70. The van der Waals surface area contributed by atoms with E-state index in [0.29, 0.717) is 16.4 Å². The van der Waals surface area contributed by atoms with Crippen LogP contribution in [0, 0.1) is 11.3 Å². The molecule has 0 spiro atoms. The molecule has 3 nitrogen and oxygen atoms in total. The van der Waals surface area contributed by atoms with Gasteiger partial charge in [-0.1, -0.05) is 29.8 Å². The van der Waals surface area contributed by atoms with Gasteiger partial charge in [-0.15, -0.1) is 0 Å². The zero-order valence-corrected chi connectivity index (χ0v) is 8.44. The van der Waals surface area contributed by atoms with Gasteiger partial charge in [-0.2, -0.15) is 5.26 Å². The van der Waals surface area contributed by atoms with Gasteiger partial charge in [0.15, 0.2) is 0 Å². The first-order valence-corrected chi connectivity index (χ1v) is 4.66. The molecule has 2 aromatic rings. The third kappa shape index (κ3) is 1.95. The second-order valence-corrected chi connectivity index (χ2v) is 3.29. The van der Waals surface area contributed by atoms with Crippen LogP contribution in [0.5, 0.6) is 0 Å². The highest BCUT2D eigenvalue weighted by molar-refractivity contribution is 6.33. The Kier molecular flexibility index (Phi) is 2.61. The number of benzene rings is 1. The summed E-state index contributed by atoms with van der Waals surface area (Å²) in [6.07, 6.45) is 1.36. The molecule has 15 heavy (non-hydrogen) atoms. The van der Waals surface area contributed by atoms with Gasteiger partial charge in [0.05, 0.1) is 5.69 Å². The SMILES string of the molecule is N#Cc1cc(-c2ccccc2Cl)ncn1. The second-order valence-electron chi connectivity index (χ2n) is 2.88. The van der Waals surface area contributed by atoms with Gasteiger partial charge in [-0.25, -0.2) is 9.97 Å². The van der Waals surface area contributed by atoms with Gasteiger partial charge in [-0.3, -0.25) is 0 Å². The van der Waals surface area contributed by atoms with Crippen molar-refractivity contribution in [2.45, 2.75) is 0 Å². The van der Waals surface area contributed by atoms with Crippen molar-refractivity contribution in [3.8, 4) is 17.3 Å². The van der Waals surface area contributed by atoms with Crippen LogP contribution in [0.2, 0.25) is 5.02 Å². The van der Waals surface area contributed by atoms with Crippen molar-refractivity contribution in [3.63, 3.8) is 0 Å². The number of hydrogen-bond donors (Lipinski definition) is 0. The first-order valence-electron chi connectivity index (χ1n) is 4.28. The summed E-state index contributed by atoms with van der Waals surface area (Å²) in [6, 6.07) is 10.9. The molecular weight excluding hydrogens is 210 g/mol. The molecular formula is C11H6ClN3. The maximum Gasteiger partial charge on any atom is 0.144 e. The average molecular weight is 216 g/mol. The van der Waals surface area contributed by atoms with Crippen LogP contribution in [0.15, 0.2) is 36.7 Å². The van der Waals surface area contributed by atoms with Crippen LogP contribution in [-0.2, 0) is 0 Å². The first kappa shape index (κ1) is 9.63. The molecule has 2 rings (SSSR count). The first-order chi connectivity index (χ1) is 7.31. The van der Waals surface area contributed by atoms with Gasteiger partial charge >= 0.3 is 0 Å². The summed E-state index contributed by atoms with van der Waals surface area (Å²) in [4.78, 5) is 7.87. The molecule has 0 fully saturated rings. The lowest BCUT2D eigenvalue weighted by Gasteiger charge is -2.02. The molecule has 72 valence electrons. The topological polar surface area (TPSA) is 49.6 Å². The summed E-state index contributed by atoms with van der Waals surface area (Å²) in [5, 5.41) is 9.32. The minimum absolute atomic E-state index is 0.333. The normalized spacial score (nSPS) is 9.60. The van der Waals surface area contributed by atoms with Crippen molar-refractivity contribution < 1.29 is 0 Å². The van der Waals surface area contributed by atoms with E-state index in [2.05, 4.69) is 9.97 Å². The summed E-state index contributed by atoms with van der Waals surface area (Å²) >= 11 is 6.01. The Balaban J connectivity index is 2.55. The third-order valence-corrected chi connectivity index (χ3v) is 2.26. The molecule has 0 aliphatic rings. The van der Waals surface area contributed by atoms with Crippen LogP contribution in [0.25, 0.3) is 11.3 Å². The quantitative estimate of drug-likeness (QED) is 0.735. The Bertz CT molecular complexity index is 531. The summed E-state index contributed by atoms with van der Waals surface area (Å²) in [5.74, 6) is 0. The molecule has 1 aromatic carbocycles. The van der Waals surface area contributed by atoms with Crippen molar-refractivity contribution in [1.82, 2.24) is 9.97 Å². The monoisotopic (exact) mass is 215 g/mol. The summed E-state index contributed by atoms with van der Waals surface area (Å²) in [5.41, 5.74) is 1.80. The lowest BCUT2D eigenvalue weighted by Crippen LogP contribution is -1.89. The zero-order chi connectivity index (χ0) is 10.7. The molecule has 0 saturated heterocycles. The van der Waals surface area contributed by atoms with Crippen LogP contribution in [0.3, 0.4) is 0 Å². The smallest absolute Gasteiger partial charge is 0.144 e. The molecule has 0 radical (unpaired) electrons. The van der Waals surface area contributed by atoms with Crippen molar-refractivity contribution >= 4 is 11.6 Å². The molecule has 0 amide bonds. The van der Waals surface area contributed by atoms with Crippen LogP contribution < -0.4 is 0 Å². The Morgan fingerprint density at radius 3 is 2.73 bits per heavy atom. The van der Waals surface area contributed by atoms with Crippen LogP contribution >= 0.6 is 11.6 Å². The molecule has 1 aromatic heterocycles. The van der Waals surface area contributed by atoms with Gasteiger partial charge in [0, 0.05) is 16.7 Å². The van der Waals surface area contributed by atoms with E-state index in [-0.39, 0.29) is 0 Å². The number of rotatable bonds is 1. The van der Waals surface area contributed by atoms with Crippen molar-refractivity contribution in [3.05, 3.63) is 47.4 Å². The largest absolute Gasteiger partial charge is 0.236 e. The number of aromatic nitrogens is 2.